The predicted molar refractivity (Wildman–Crippen MR) is 121 cm³/mol. The summed E-state index contributed by atoms with van der Waals surface area (Å²) < 4.78 is 18.7. The van der Waals surface area contributed by atoms with Gasteiger partial charge in [-0.15, -0.1) is 0 Å². The SMILES string of the molecule is COc1ccc(C(O)=C2C(=O)C(=O)N(c3ccc(C(C)=O)cc3)C2c2ccc(F)cc2)cc1. The lowest BCUT2D eigenvalue weighted by Crippen LogP contribution is -2.29. The van der Waals surface area contributed by atoms with E-state index in [2.05, 4.69) is 0 Å². The molecule has 1 saturated heterocycles. The number of methoxy groups -OCH3 is 1. The molecule has 3 aromatic carbocycles. The van der Waals surface area contributed by atoms with E-state index in [0.29, 0.717) is 28.1 Å². The Morgan fingerprint density at radius 1 is 0.909 bits per heavy atom. The molecule has 4 rings (SSSR count). The third-order valence-electron chi connectivity index (χ3n) is 5.55. The van der Waals surface area contributed by atoms with Crippen molar-refractivity contribution in [1.29, 1.82) is 0 Å². The molecule has 3 aromatic rings. The van der Waals surface area contributed by atoms with Gasteiger partial charge in [0.25, 0.3) is 11.7 Å². The molecule has 1 amide bonds. The number of ketones is 2. The highest BCUT2D eigenvalue weighted by atomic mass is 19.1. The normalized spacial score (nSPS) is 17.3. The molecule has 0 bridgehead atoms. The van der Waals surface area contributed by atoms with Crippen LogP contribution in [0.5, 0.6) is 5.75 Å². The number of ether oxygens (including phenoxy) is 1. The molecule has 0 spiro atoms. The Kier molecular flexibility index (Phi) is 5.79. The van der Waals surface area contributed by atoms with Gasteiger partial charge in [0.1, 0.15) is 17.3 Å². The van der Waals surface area contributed by atoms with E-state index in [1.54, 1.807) is 48.5 Å². The molecule has 33 heavy (non-hydrogen) atoms. The number of hydrogen-bond acceptors (Lipinski definition) is 5. The molecular weight excluding hydrogens is 425 g/mol. The summed E-state index contributed by atoms with van der Waals surface area (Å²) in [5, 5.41) is 11.1. The van der Waals surface area contributed by atoms with Gasteiger partial charge in [0, 0.05) is 16.8 Å². The summed E-state index contributed by atoms with van der Waals surface area (Å²) in [6.07, 6.45) is 0. The van der Waals surface area contributed by atoms with Crippen molar-refractivity contribution < 1.29 is 28.6 Å². The maximum Gasteiger partial charge on any atom is 0.300 e. The Hall–Kier alpha value is -4.26. The van der Waals surface area contributed by atoms with E-state index in [0.717, 1.165) is 0 Å². The highest BCUT2D eigenvalue weighted by Gasteiger charge is 2.47. The summed E-state index contributed by atoms with van der Waals surface area (Å²) in [5.74, 6) is -2.11. The molecule has 1 unspecified atom stereocenters. The van der Waals surface area contributed by atoms with Gasteiger partial charge in [-0.1, -0.05) is 12.1 Å². The van der Waals surface area contributed by atoms with E-state index in [1.807, 2.05) is 0 Å². The molecule has 0 radical (unpaired) electrons. The van der Waals surface area contributed by atoms with Gasteiger partial charge in [-0.25, -0.2) is 4.39 Å². The fourth-order valence-corrected chi connectivity index (χ4v) is 3.82. The molecule has 7 heteroatoms. The molecule has 1 atom stereocenters. The van der Waals surface area contributed by atoms with Gasteiger partial charge in [-0.3, -0.25) is 19.3 Å². The number of Topliss-reactive ketones (excluding diaryl/α,β-unsaturated/α-hetero) is 2. The second kappa shape index (κ2) is 8.70. The number of amides is 1. The van der Waals surface area contributed by atoms with Gasteiger partial charge in [0.15, 0.2) is 5.78 Å². The molecule has 1 N–H and O–H groups in total. The van der Waals surface area contributed by atoms with Gasteiger partial charge in [0.2, 0.25) is 0 Å². The first-order valence-electron chi connectivity index (χ1n) is 10.1. The zero-order chi connectivity index (χ0) is 23.7. The highest BCUT2D eigenvalue weighted by Crippen LogP contribution is 2.42. The van der Waals surface area contributed by atoms with Crippen LogP contribution >= 0.6 is 0 Å². The van der Waals surface area contributed by atoms with Crippen LogP contribution in [0.25, 0.3) is 5.76 Å². The fraction of sp³-hybridized carbons (Fsp3) is 0.115. The molecule has 0 aliphatic carbocycles. The van der Waals surface area contributed by atoms with Gasteiger partial charge >= 0.3 is 0 Å². The maximum absolute atomic E-state index is 13.6. The van der Waals surface area contributed by atoms with Crippen molar-refractivity contribution in [3.8, 4) is 5.75 Å². The smallest absolute Gasteiger partial charge is 0.300 e. The first-order valence-corrected chi connectivity index (χ1v) is 10.1. The molecule has 1 heterocycles. The van der Waals surface area contributed by atoms with E-state index < -0.39 is 23.5 Å². The van der Waals surface area contributed by atoms with Crippen LogP contribution in [0.15, 0.2) is 78.4 Å². The first kappa shape index (κ1) is 22.0. The molecule has 166 valence electrons. The van der Waals surface area contributed by atoms with Crippen molar-refractivity contribution in [1.82, 2.24) is 0 Å². The number of benzene rings is 3. The van der Waals surface area contributed by atoms with E-state index in [4.69, 9.17) is 4.74 Å². The summed E-state index contributed by atoms with van der Waals surface area (Å²) >= 11 is 0. The van der Waals surface area contributed by atoms with E-state index in [1.165, 1.54) is 43.2 Å². The van der Waals surface area contributed by atoms with Crippen LogP contribution in [0.3, 0.4) is 0 Å². The lowest BCUT2D eigenvalue weighted by molar-refractivity contribution is -0.132. The number of anilines is 1. The number of aliphatic hydroxyl groups is 1. The molecule has 6 nitrogen and oxygen atoms in total. The molecule has 1 aliphatic rings. The van der Waals surface area contributed by atoms with Crippen LogP contribution < -0.4 is 9.64 Å². The summed E-state index contributed by atoms with van der Waals surface area (Å²) in [5.41, 5.74) is 1.47. The lowest BCUT2D eigenvalue weighted by atomic mass is 9.95. The molecule has 0 saturated carbocycles. The minimum atomic E-state index is -0.990. The monoisotopic (exact) mass is 445 g/mol. The van der Waals surface area contributed by atoms with Crippen molar-refractivity contribution in [2.24, 2.45) is 0 Å². The molecular formula is C26H20FNO5. The van der Waals surface area contributed by atoms with E-state index in [9.17, 15) is 23.9 Å². The van der Waals surface area contributed by atoms with Crippen LogP contribution in [0, 0.1) is 5.82 Å². The van der Waals surface area contributed by atoms with Crippen molar-refractivity contribution in [2.45, 2.75) is 13.0 Å². The van der Waals surface area contributed by atoms with Crippen LogP contribution in [0.2, 0.25) is 0 Å². The highest BCUT2D eigenvalue weighted by molar-refractivity contribution is 6.51. The van der Waals surface area contributed by atoms with Gasteiger partial charge in [0.05, 0.1) is 18.7 Å². The summed E-state index contributed by atoms with van der Waals surface area (Å²) in [7, 11) is 1.51. The zero-order valence-electron chi connectivity index (χ0n) is 17.9. The number of halogens is 1. The predicted octanol–water partition coefficient (Wildman–Crippen LogP) is 4.66. The average Bonchev–Trinajstić information content (AvgIpc) is 3.09. The van der Waals surface area contributed by atoms with Crippen molar-refractivity contribution in [2.75, 3.05) is 12.0 Å². The zero-order valence-corrected chi connectivity index (χ0v) is 17.9. The Balaban J connectivity index is 1.89. The van der Waals surface area contributed by atoms with Crippen LogP contribution in [0.1, 0.15) is 34.5 Å². The molecule has 1 fully saturated rings. The maximum atomic E-state index is 13.6. The number of aliphatic hydroxyl groups excluding tert-OH is 1. The van der Waals surface area contributed by atoms with Crippen molar-refractivity contribution >= 4 is 28.9 Å². The topological polar surface area (TPSA) is 83.9 Å². The molecule has 0 aromatic heterocycles. The Bertz CT molecular complexity index is 1260. The van der Waals surface area contributed by atoms with Crippen LogP contribution in [-0.4, -0.2) is 29.7 Å². The van der Waals surface area contributed by atoms with Gasteiger partial charge in [-0.2, -0.15) is 0 Å². The number of rotatable bonds is 5. The third kappa shape index (κ3) is 4.01. The Morgan fingerprint density at radius 2 is 1.48 bits per heavy atom. The van der Waals surface area contributed by atoms with Gasteiger partial charge in [-0.05, 0) is 73.2 Å². The second-order valence-corrected chi connectivity index (χ2v) is 7.55. The number of nitrogens with zero attached hydrogens (tertiary/aromatic N) is 1. The fourth-order valence-electron chi connectivity index (χ4n) is 3.82. The Labute approximate surface area is 189 Å². The quantitative estimate of drug-likeness (QED) is 0.267. The number of carbonyl (C=O) groups excluding carboxylic acids is 3. The minimum Gasteiger partial charge on any atom is -0.507 e. The van der Waals surface area contributed by atoms with Gasteiger partial charge < -0.3 is 9.84 Å². The second-order valence-electron chi connectivity index (χ2n) is 7.55. The largest absolute Gasteiger partial charge is 0.507 e. The third-order valence-corrected chi connectivity index (χ3v) is 5.55. The summed E-state index contributed by atoms with van der Waals surface area (Å²) in [4.78, 5) is 39.1. The number of hydrogen-bond donors (Lipinski definition) is 1. The van der Waals surface area contributed by atoms with Crippen molar-refractivity contribution in [3.63, 3.8) is 0 Å². The standard InChI is InChI=1S/C26H20FNO5/c1-15(29)16-5-11-20(12-6-16)28-23(17-3-9-19(27)10-4-17)22(25(31)26(28)32)24(30)18-7-13-21(33-2)14-8-18/h3-14,23,30H,1-2H3. The Morgan fingerprint density at radius 3 is 2.03 bits per heavy atom. The summed E-state index contributed by atoms with van der Waals surface area (Å²) in [6, 6.07) is 17.0. The van der Waals surface area contributed by atoms with Crippen LogP contribution in [-0.2, 0) is 9.59 Å². The number of carbonyl (C=O) groups is 3. The average molecular weight is 445 g/mol. The first-order chi connectivity index (χ1) is 15.8. The summed E-state index contributed by atoms with van der Waals surface area (Å²) in [6.45, 7) is 1.43. The molecule has 1 aliphatic heterocycles. The van der Waals surface area contributed by atoms with Crippen molar-refractivity contribution in [3.05, 3.63) is 101 Å². The lowest BCUT2D eigenvalue weighted by Gasteiger charge is -2.25. The van der Waals surface area contributed by atoms with Crippen LogP contribution in [0.4, 0.5) is 10.1 Å². The minimum absolute atomic E-state index is 0.118. The van der Waals surface area contributed by atoms with E-state index >= 15 is 0 Å². The van der Waals surface area contributed by atoms with E-state index in [-0.39, 0.29) is 17.1 Å².